The summed E-state index contributed by atoms with van der Waals surface area (Å²) < 4.78 is 51.3. The lowest BCUT2D eigenvalue weighted by Gasteiger charge is -2.33. The topological polar surface area (TPSA) is 96.9 Å². The first-order chi connectivity index (χ1) is 13.7. The Balaban J connectivity index is 1.53. The van der Waals surface area contributed by atoms with Gasteiger partial charge in [-0.1, -0.05) is 5.16 Å². The average molecular weight is 421 g/mol. The third kappa shape index (κ3) is 3.22. The summed E-state index contributed by atoms with van der Waals surface area (Å²) in [6, 6.07) is 4.10. The summed E-state index contributed by atoms with van der Waals surface area (Å²) in [4.78, 5) is 14.5. The summed E-state index contributed by atoms with van der Waals surface area (Å²) in [6.45, 7) is 5.56. The first-order valence-electron chi connectivity index (χ1n) is 9.11. The number of benzene rings is 1. The summed E-state index contributed by atoms with van der Waals surface area (Å²) in [5.41, 5.74) is 1.31. The van der Waals surface area contributed by atoms with E-state index >= 15 is 0 Å². The molecule has 0 unspecified atom stereocenters. The van der Waals surface area contributed by atoms with Gasteiger partial charge in [0.25, 0.3) is 5.91 Å². The molecule has 1 aliphatic rings. The maximum Gasteiger partial charge on any atom is 0.289 e. The summed E-state index contributed by atoms with van der Waals surface area (Å²) in [5, 5.41) is 4.26. The number of nitrogens with zero attached hydrogens (tertiary/aromatic N) is 3. The van der Waals surface area contributed by atoms with Gasteiger partial charge in [-0.25, -0.2) is 12.8 Å². The summed E-state index contributed by atoms with van der Waals surface area (Å²) >= 11 is 0. The van der Waals surface area contributed by atoms with Gasteiger partial charge >= 0.3 is 0 Å². The molecule has 0 radical (unpaired) electrons. The van der Waals surface area contributed by atoms with Crippen LogP contribution in [0.5, 0.6) is 0 Å². The minimum absolute atomic E-state index is 0.0763. The van der Waals surface area contributed by atoms with Crippen molar-refractivity contribution in [3.05, 3.63) is 46.8 Å². The number of piperazine rings is 1. The van der Waals surface area contributed by atoms with E-state index in [1.807, 2.05) is 0 Å². The van der Waals surface area contributed by atoms with Crippen LogP contribution in [0.2, 0.25) is 0 Å². The second kappa shape index (κ2) is 6.96. The van der Waals surface area contributed by atoms with E-state index in [2.05, 4.69) is 5.16 Å². The van der Waals surface area contributed by atoms with Gasteiger partial charge in [-0.15, -0.1) is 0 Å². The Bertz CT molecular complexity index is 1190. The minimum Gasteiger partial charge on any atom is -0.451 e. The van der Waals surface area contributed by atoms with Crippen molar-refractivity contribution in [3.8, 4) is 0 Å². The second-order valence-corrected chi connectivity index (χ2v) is 8.92. The van der Waals surface area contributed by atoms with Gasteiger partial charge in [0, 0.05) is 37.1 Å². The van der Waals surface area contributed by atoms with Gasteiger partial charge in [-0.2, -0.15) is 4.31 Å². The first kappa shape index (κ1) is 19.6. The maximum absolute atomic E-state index is 13.5. The summed E-state index contributed by atoms with van der Waals surface area (Å²) in [6.07, 6.45) is 0. The number of halogens is 1. The molecular formula is C19H20FN3O5S. The second-order valence-electron chi connectivity index (χ2n) is 7.05. The molecule has 0 bridgehead atoms. The molecule has 8 nitrogen and oxygen atoms in total. The molecule has 29 heavy (non-hydrogen) atoms. The van der Waals surface area contributed by atoms with Crippen molar-refractivity contribution in [3.63, 3.8) is 0 Å². The lowest BCUT2D eigenvalue weighted by Crippen LogP contribution is -2.50. The monoisotopic (exact) mass is 421 g/mol. The third-order valence-electron chi connectivity index (χ3n) is 5.18. The molecular weight excluding hydrogens is 401 g/mol. The quantitative estimate of drug-likeness (QED) is 0.645. The Morgan fingerprint density at radius 3 is 2.45 bits per heavy atom. The zero-order valence-corrected chi connectivity index (χ0v) is 17.0. The Labute approximate surface area is 166 Å². The van der Waals surface area contributed by atoms with Crippen molar-refractivity contribution in [2.24, 2.45) is 0 Å². The lowest BCUT2D eigenvalue weighted by atomic mass is 10.1. The van der Waals surface area contributed by atoms with Crippen LogP contribution in [0, 0.1) is 26.6 Å². The number of hydrogen-bond donors (Lipinski definition) is 0. The van der Waals surface area contributed by atoms with Crippen LogP contribution in [-0.2, 0) is 10.0 Å². The van der Waals surface area contributed by atoms with Gasteiger partial charge in [0.15, 0.2) is 11.5 Å². The van der Waals surface area contributed by atoms with Gasteiger partial charge in [0.2, 0.25) is 10.0 Å². The number of carbonyl (C=O) groups is 1. The van der Waals surface area contributed by atoms with Crippen molar-refractivity contribution in [1.29, 1.82) is 0 Å². The highest BCUT2D eigenvalue weighted by Gasteiger charge is 2.35. The molecule has 1 fully saturated rings. The lowest BCUT2D eigenvalue weighted by molar-refractivity contribution is 0.0667. The van der Waals surface area contributed by atoms with Crippen LogP contribution in [0.1, 0.15) is 27.6 Å². The molecule has 1 amide bonds. The number of aromatic nitrogens is 1. The Kier molecular flexibility index (Phi) is 4.70. The van der Waals surface area contributed by atoms with Crippen molar-refractivity contribution in [1.82, 2.24) is 14.4 Å². The van der Waals surface area contributed by atoms with E-state index < -0.39 is 15.8 Å². The van der Waals surface area contributed by atoms with Gasteiger partial charge < -0.3 is 13.8 Å². The molecule has 0 atom stereocenters. The summed E-state index contributed by atoms with van der Waals surface area (Å²) in [7, 11) is -3.75. The Morgan fingerprint density at radius 1 is 1.14 bits per heavy atom. The summed E-state index contributed by atoms with van der Waals surface area (Å²) in [5.74, 6) is -0.356. The third-order valence-corrected chi connectivity index (χ3v) is 7.33. The number of hydrogen-bond acceptors (Lipinski definition) is 6. The van der Waals surface area contributed by atoms with Crippen molar-refractivity contribution in [2.45, 2.75) is 25.7 Å². The zero-order valence-electron chi connectivity index (χ0n) is 16.2. The molecule has 154 valence electrons. The molecule has 0 N–H and O–H groups in total. The molecule has 0 spiro atoms. The molecule has 1 aromatic carbocycles. The minimum atomic E-state index is -3.75. The van der Waals surface area contributed by atoms with Crippen LogP contribution < -0.4 is 0 Å². The number of carbonyl (C=O) groups excluding carboxylic acids is 1. The molecule has 1 saturated heterocycles. The van der Waals surface area contributed by atoms with E-state index in [1.165, 1.54) is 22.5 Å². The van der Waals surface area contributed by atoms with E-state index in [-0.39, 0.29) is 48.5 Å². The number of furan rings is 1. The molecule has 10 heteroatoms. The highest BCUT2D eigenvalue weighted by Crippen LogP contribution is 2.28. The molecule has 1 aliphatic heterocycles. The van der Waals surface area contributed by atoms with E-state index in [1.54, 1.807) is 25.7 Å². The van der Waals surface area contributed by atoms with Gasteiger partial charge in [0.05, 0.1) is 0 Å². The van der Waals surface area contributed by atoms with Crippen molar-refractivity contribution >= 4 is 26.9 Å². The highest BCUT2D eigenvalue weighted by atomic mass is 32.2. The predicted molar refractivity (Wildman–Crippen MR) is 102 cm³/mol. The largest absolute Gasteiger partial charge is 0.451 e. The first-order valence-corrected chi connectivity index (χ1v) is 10.5. The van der Waals surface area contributed by atoms with Crippen LogP contribution in [0.25, 0.3) is 11.0 Å². The van der Waals surface area contributed by atoms with E-state index in [0.29, 0.717) is 22.2 Å². The van der Waals surface area contributed by atoms with Crippen LogP contribution in [0.15, 0.2) is 32.0 Å². The fourth-order valence-electron chi connectivity index (χ4n) is 3.64. The number of fused-ring (bicyclic) bond motifs is 1. The van der Waals surface area contributed by atoms with Crippen LogP contribution in [0.4, 0.5) is 4.39 Å². The molecule has 0 saturated carbocycles. The van der Waals surface area contributed by atoms with E-state index in [4.69, 9.17) is 8.94 Å². The number of amides is 1. The average Bonchev–Trinajstić information content (AvgIpc) is 3.20. The SMILES string of the molecule is Cc1noc(C)c1S(=O)(=O)N1CCN(C(=O)c2oc3ccc(F)cc3c2C)CC1. The molecule has 3 aromatic rings. The standard InChI is InChI=1S/C19H20FN3O5S/c1-11-15-10-14(20)4-5-16(15)27-17(11)19(24)22-6-8-23(9-7-22)29(25,26)18-12(2)21-28-13(18)3/h4-5,10H,6-9H2,1-3H3. The smallest absolute Gasteiger partial charge is 0.289 e. The van der Waals surface area contributed by atoms with Crippen LogP contribution in [0.3, 0.4) is 0 Å². The number of sulfonamides is 1. The Morgan fingerprint density at radius 2 is 1.83 bits per heavy atom. The van der Waals surface area contributed by atoms with E-state index in [0.717, 1.165) is 0 Å². The van der Waals surface area contributed by atoms with Crippen LogP contribution in [-0.4, -0.2) is 54.9 Å². The fourth-order valence-corrected chi connectivity index (χ4v) is 5.36. The normalized spacial score (nSPS) is 15.9. The molecule has 4 rings (SSSR count). The fraction of sp³-hybridized carbons (Fsp3) is 0.368. The van der Waals surface area contributed by atoms with Gasteiger partial charge in [-0.3, -0.25) is 4.79 Å². The molecule has 3 heterocycles. The molecule has 0 aliphatic carbocycles. The Hall–Kier alpha value is -2.72. The van der Waals surface area contributed by atoms with Crippen molar-refractivity contribution in [2.75, 3.05) is 26.2 Å². The zero-order chi connectivity index (χ0) is 20.9. The van der Waals surface area contributed by atoms with Crippen LogP contribution >= 0.6 is 0 Å². The van der Waals surface area contributed by atoms with Crippen molar-refractivity contribution < 1.29 is 26.5 Å². The predicted octanol–water partition coefficient (Wildman–Crippen LogP) is 2.63. The van der Waals surface area contributed by atoms with Gasteiger partial charge in [-0.05, 0) is 39.0 Å². The number of rotatable bonds is 3. The maximum atomic E-state index is 13.5. The van der Waals surface area contributed by atoms with E-state index in [9.17, 15) is 17.6 Å². The highest BCUT2D eigenvalue weighted by molar-refractivity contribution is 7.89. The van der Waals surface area contributed by atoms with Gasteiger partial charge in [0.1, 0.15) is 22.0 Å². The molecule has 2 aromatic heterocycles. The number of aryl methyl sites for hydroxylation is 3.